The van der Waals surface area contributed by atoms with Gasteiger partial charge in [-0.15, -0.1) is 10.2 Å². The average molecular weight is 349 g/mol. The van der Waals surface area contributed by atoms with Gasteiger partial charge < -0.3 is 10.2 Å². The first-order valence-electron chi connectivity index (χ1n) is 7.67. The summed E-state index contributed by atoms with van der Waals surface area (Å²) < 4.78 is 0.797. The number of amides is 1. The van der Waals surface area contributed by atoms with Crippen LogP contribution < -0.4 is 10.2 Å². The van der Waals surface area contributed by atoms with Crippen LogP contribution in [0.25, 0.3) is 0 Å². The van der Waals surface area contributed by atoms with Crippen molar-refractivity contribution in [3.05, 3.63) is 23.8 Å². The normalized spacial score (nSPS) is 16.1. The second kappa shape index (κ2) is 7.74. The fourth-order valence-corrected chi connectivity index (χ4v) is 4.06. The molecule has 1 amide bonds. The van der Waals surface area contributed by atoms with Gasteiger partial charge in [-0.1, -0.05) is 23.1 Å². The SMILES string of the molecule is CC(Sc1nncs1)C(=O)Nc1ccc(N2CCCCC2)nc1. The van der Waals surface area contributed by atoms with Gasteiger partial charge in [0.15, 0.2) is 4.34 Å². The predicted molar refractivity (Wildman–Crippen MR) is 94.2 cm³/mol. The van der Waals surface area contributed by atoms with Gasteiger partial charge in [0.05, 0.1) is 17.1 Å². The van der Waals surface area contributed by atoms with Gasteiger partial charge in [0.1, 0.15) is 11.3 Å². The average Bonchev–Trinajstić information content (AvgIpc) is 3.09. The van der Waals surface area contributed by atoms with Crippen LogP contribution in [0.4, 0.5) is 11.5 Å². The third kappa shape index (κ3) is 4.42. The van der Waals surface area contributed by atoms with Gasteiger partial charge in [-0.2, -0.15) is 0 Å². The Morgan fingerprint density at radius 3 is 2.83 bits per heavy atom. The maximum atomic E-state index is 12.2. The van der Waals surface area contributed by atoms with Gasteiger partial charge in [-0.3, -0.25) is 4.79 Å². The zero-order valence-corrected chi connectivity index (χ0v) is 14.6. The summed E-state index contributed by atoms with van der Waals surface area (Å²) in [5.41, 5.74) is 2.39. The number of thioether (sulfide) groups is 1. The molecule has 1 saturated heterocycles. The summed E-state index contributed by atoms with van der Waals surface area (Å²) in [6.45, 7) is 3.99. The Bertz CT molecular complexity index is 626. The van der Waals surface area contributed by atoms with Crippen LogP contribution in [0.2, 0.25) is 0 Å². The van der Waals surface area contributed by atoms with E-state index >= 15 is 0 Å². The summed E-state index contributed by atoms with van der Waals surface area (Å²) in [4.78, 5) is 19.0. The van der Waals surface area contributed by atoms with E-state index in [2.05, 4.69) is 25.4 Å². The lowest BCUT2D eigenvalue weighted by Crippen LogP contribution is -2.30. The summed E-state index contributed by atoms with van der Waals surface area (Å²) in [6.07, 6.45) is 5.47. The van der Waals surface area contributed by atoms with Crippen LogP contribution in [-0.2, 0) is 4.79 Å². The molecular weight excluding hydrogens is 330 g/mol. The molecule has 23 heavy (non-hydrogen) atoms. The quantitative estimate of drug-likeness (QED) is 0.837. The fraction of sp³-hybridized carbons (Fsp3) is 0.467. The number of rotatable bonds is 5. The molecule has 2 aromatic heterocycles. The molecule has 0 aromatic carbocycles. The largest absolute Gasteiger partial charge is 0.357 e. The molecule has 1 aliphatic rings. The minimum absolute atomic E-state index is 0.0577. The minimum Gasteiger partial charge on any atom is -0.357 e. The van der Waals surface area contributed by atoms with Crippen LogP contribution in [0.15, 0.2) is 28.2 Å². The van der Waals surface area contributed by atoms with Crippen LogP contribution in [0.1, 0.15) is 26.2 Å². The van der Waals surface area contributed by atoms with Crippen LogP contribution in [0.5, 0.6) is 0 Å². The third-order valence-corrected chi connectivity index (χ3v) is 5.59. The molecule has 1 unspecified atom stereocenters. The topological polar surface area (TPSA) is 71.0 Å². The van der Waals surface area contributed by atoms with Crippen LogP contribution in [0.3, 0.4) is 0 Å². The number of pyridine rings is 1. The van der Waals surface area contributed by atoms with Crippen molar-refractivity contribution in [1.29, 1.82) is 0 Å². The summed E-state index contributed by atoms with van der Waals surface area (Å²) in [7, 11) is 0. The smallest absolute Gasteiger partial charge is 0.237 e. The van der Waals surface area contributed by atoms with E-state index in [1.807, 2.05) is 19.1 Å². The van der Waals surface area contributed by atoms with Crippen molar-refractivity contribution in [2.24, 2.45) is 0 Å². The number of aromatic nitrogens is 3. The van der Waals surface area contributed by atoms with Crippen molar-refractivity contribution in [3.63, 3.8) is 0 Å². The molecule has 0 saturated carbocycles. The van der Waals surface area contributed by atoms with Crippen molar-refractivity contribution in [2.75, 3.05) is 23.3 Å². The molecule has 2 aromatic rings. The second-order valence-corrected chi connectivity index (χ2v) is 7.83. The molecule has 1 atom stereocenters. The number of carbonyl (C=O) groups excluding carboxylic acids is 1. The molecule has 0 aliphatic carbocycles. The molecule has 6 nitrogen and oxygen atoms in total. The summed E-state index contributed by atoms with van der Waals surface area (Å²) in [5, 5.41) is 10.4. The van der Waals surface area contributed by atoms with Gasteiger partial charge >= 0.3 is 0 Å². The van der Waals surface area contributed by atoms with Gasteiger partial charge in [0, 0.05) is 13.1 Å². The van der Waals surface area contributed by atoms with Gasteiger partial charge in [0.25, 0.3) is 0 Å². The standard InChI is InChI=1S/C15H19N5OS2/c1-11(23-15-19-17-10-22-15)14(21)18-12-5-6-13(16-9-12)20-7-3-2-4-8-20/h5-6,9-11H,2-4,7-8H2,1H3,(H,18,21). The van der Waals surface area contributed by atoms with Crippen LogP contribution in [0, 0.1) is 0 Å². The number of carbonyl (C=O) groups is 1. The van der Waals surface area contributed by atoms with Crippen molar-refractivity contribution in [3.8, 4) is 0 Å². The maximum absolute atomic E-state index is 12.2. The first kappa shape index (κ1) is 16.2. The maximum Gasteiger partial charge on any atom is 0.237 e. The highest BCUT2D eigenvalue weighted by Gasteiger charge is 2.17. The second-order valence-electron chi connectivity index (χ2n) is 5.41. The Balaban J connectivity index is 1.55. The van der Waals surface area contributed by atoms with E-state index in [1.54, 1.807) is 11.7 Å². The van der Waals surface area contributed by atoms with E-state index in [-0.39, 0.29) is 11.2 Å². The summed E-state index contributed by atoms with van der Waals surface area (Å²) in [6, 6.07) is 3.89. The summed E-state index contributed by atoms with van der Waals surface area (Å²) in [5.74, 6) is 0.928. The molecular formula is C15H19N5OS2. The first-order chi connectivity index (χ1) is 11.2. The first-order valence-corrected chi connectivity index (χ1v) is 9.43. The third-order valence-electron chi connectivity index (χ3n) is 3.68. The van der Waals surface area contributed by atoms with Crippen molar-refractivity contribution in [1.82, 2.24) is 15.2 Å². The molecule has 3 heterocycles. The van der Waals surface area contributed by atoms with Gasteiger partial charge in [0.2, 0.25) is 5.91 Å². The van der Waals surface area contributed by atoms with Crippen molar-refractivity contribution < 1.29 is 4.79 Å². The lowest BCUT2D eigenvalue weighted by atomic mass is 10.1. The Hall–Kier alpha value is -1.67. The highest BCUT2D eigenvalue weighted by molar-refractivity contribution is 8.02. The van der Waals surface area contributed by atoms with Crippen LogP contribution >= 0.6 is 23.1 Å². The van der Waals surface area contributed by atoms with E-state index in [0.29, 0.717) is 0 Å². The van der Waals surface area contributed by atoms with Gasteiger partial charge in [-0.25, -0.2) is 4.98 Å². The Labute approximate surface area is 143 Å². The minimum atomic E-state index is -0.232. The highest BCUT2D eigenvalue weighted by atomic mass is 32.2. The molecule has 0 spiro atoms. The van der Waals surface area contributed by atoms with Crippen LogP contribution in [-0.4, -0.2) is 39.4 Å². The Kier molecular flexibility index (Phi) is 5.45. The lowest BCUT2D eigenvalue weighted by Gasteiger charge is -2.27. The Morgan fingerprint density at radius 1 is 1.35 bits per heavy atom. The zero-order valence-electron chi connectivity index (χ0n) is 12.9. The number of nitrogens with one attached hydrogen (secondary N) is 1. The molecule has 1 fully saturated rings. The molecule has 1 aliphatic heterocycles. The Morgan fingerprint density at radius 2 is 2.17 bits per heavy atom. The molecule has 0 radical (unpaired) electrons. The number of piperidine rings is 1. The number of hydrogen-bond acceptors (Lipinski definition) is 7. The van der Waals surface area contributed by atoms with E-state index < -0.39 is 0 Å². The van der Waals surface area contributed by atoms with E-state index in [9.17, 15) is 4.79 Å². The number of hydrogen-bond donors (Lipinski definition) is 1. The molecule has 1 N–H and O–H groups in total. The van der Waals surface area contributed by atoms with E-state index in [1.165, 1.54) is 42.4 Å². The van der Waals surface area contributed by atoms with E-state index in [0.717, 1.165) is 28.9 Å². The van der Waals surface area contributed by atoms with Crippen molar-refractivity contribution in [2.45, 2.75) is 35.8 Å². The monoisotopic (exact) mass is 349 g/mol. The number of anilines is 2. The zero-order chi connectivity index (χ0) is 16.1. The summed E-state index contributed by atoms with van der Waals surface area (Å²) >= 11 is 2.84. The predicted octanol–water partition coefficient (Wildman–Crippen LogP) is 3.04. The molecule has 0 bridgehead atoms. The van der Waals surface area contributed by atoms with E-state index in [4.69, 9.17) is 0 Å². The molecule has 8 heteroatoms. The fourth-order valence-electron chi connectivity index (χ4n) is 2.43. The van der Waals surface area contributed by atoms with Gasteiger partial charge in [-0.05, 0) is 38.3 Å². The lowest BCUT2D eigenvalue weighted by molar-refractivity contribution is -0.115. The molecule has 122 valence electrons. The highest BCUT2D eigenvalue weighted by Crippen LogP contribution is 2.25. The molecule has 3 rings (SSSR count). The van der Waals surface area contributed by atoms with Crippen molar-refractivity contribution >= 4 is 40.5 Å². The number of nitrogens with zero attached hydrogens (tertiary/aromatic N) is 4.